The summed E-state index contributed by atoms with van der Waals surface area (Å²) in [5, 5.41) is 39.2. The number of fused-ring (bicyclic) bond motifs is 2. The molecule has 14 nitrogen and oxygen atoms in total. The molecule has 0 aliphatic carbocycles. The molecular weight excluding hydrogens is 608 g/mol. The lowest BCUT2D eigenvalue weighted by atomic mass is 9.76. The number of nitro benzene ring substituents is 1. The molecule has 0 spiro atoms. The van der Waals surface area contributed by atoms with E-state index in [4.69, 9.17) is 11.6 Å². The van der Waals surface area contributed by atoms with E-state index in [1.165, 1.54) is 29.7 Å². The molecule has 45 heavy (non-hydrogen) atoms. The summed E-state index contributed by atoms with van der Waals surface area (Å²) >= 11 is 6.22. The fraction of sp³-hybridized carbons (Fsp3) is 0.267. The van der Waals surface area contributed by atoms with Crippen molar-refractivity contribution in [3.05, 3.63) is 109 Å². The molecule has 2 fully saturated rings. The summed E-state index contributed by atoms with van der Waals surface area (Å²) in [7, 11) is 0. The number of aromatic nitrogens is 2. The quantitative estimate of drug-likeness (QED) is 0.156. The van der Waals surface area contributed by atoms with Crippen LogP contribution in [0.4, 0.5) is 11.5 Å². The molecule has 2 saturated heterocycles. The monoisotopic (exact) mass is 632 g/mol. The van der Waals surface area contributed by atoms with Crippen LogP contribution in [0.15, 0.2) is 66.9 Å². The van der Waals surface area contributed by atoms with Crippen LogP contribution in [0, 0.1) is 39.0 Å². The van der Waals surface area contributed by atoms with Crippen molar-refractivity contribution in [1.82, 2.24) is 19.8 Å². The number of benzene rings is 3. The normalized spacial score (nSPS) is 22.6. The number of amides is 2. The number of nitrogens with zero attached hydrogens (tertiary/aromatic N) is 5. The first kappa shape index (κ1) is 29.8. The Kier molecular flexibility index (Phi) is 7.33. The van der Waals surface area contributed by atoms with Crippen LogP contribution in [0.5, 0.6) is 0 Å². The summed E-state index contributed by atoms with van der Waals surface area (Å²) in [6.45, 7) is 1.06. The second-order valence-electron chi connectivity index (χ2n) is 11.1. The van der Waals surface area contributed by atoms with E-state index in [2.05, 4.69) is 10.3 Å². The van der Waals surface area contributed by atoms with Crippen molar-refractivity contribution in [2.24, 2.45) is 11.8 Å². The third-order valence-corrected chi connectivity index (χ3v) is 8.95. The Hall–Kier alpha value is -5.21. The summed E-state index contributed by atoms with van der Waals surface area (Å²) < 4.78 is 1.24. The molecule has 3 aromatic carbocycles. The van der Waals surface area contributed by atoms with E-state index >= 15 is 0 Å². The van der Waals surface area contributed by atoms with Gasteiger partial charge in [0.2, 0.25) is 11.8 Å². The van der Waals surface area contributed by atoms with Crippen molar-refractivity contribution in [1.29, 1.82) is 0 Å². The van der Waals surface area contributed by atoms with Crippen molar-refractivity contribution < 1.29 is 29.3 Å². The van der Waals surface area contributed by atoms with Gasteiger partial charge in [0.25, 0.3) is 5.69 Å². The van der Waals surface area contributed by atoms with Gasteiger partial charge in [-0.2, -0.15) is 0 Å². The second-order valence-corrected chi connectivity index (χ2v) is 11.6. The number of hydrogen-bond acceptors (Lipinski definition) is 9. The first-order valence-corrected chi connectivity index (χ1v) is 14.2. The minimum absolute atomic E-state index is 0.0340. The van der Waals surface area contributed by atoms with Crippen LogP contribution >= 0.6 is 11.6 Å². The molecule has 3 heterocycles. The standard InChI is InChI=1S/C30H25ClN6O8/c1-16-32-15-23(37(44)45)34(16)10-11-35-27(38)24-25(28(35)39)30(29(40)41,14-17-6-7-18-4-2-3-5-19(18)12-17)33-26(24)21-13-20(31)8-9-22(21)36(42)43/h2-9,12-13,15,24-26,33H,10-11,14H2,1H3,(H,40,41). The zero-order valence-electron chi connectivity index (χ0n) is 23.6. The number of halogens is 1. The highest BCUT2D eigenvalue weighted by molar-refractivity contribution is 6.30. The van der Waals surface area contributed by atoms with Gasteiger partial charge in [0.1, 0.15) is 18.3 Å². The number of aliphatic carboxylic acids is 1. The number of imide groups is 1. The zero-order valence-corrected chi connectivity index (χ0v) is 24.4. The van der Waals surface area contributed by atoms with Gasteiger partial charge in [-0.05, 0) is 33.4 Å². The lowest BCUT2D eigenvalue weighted by molar-refractivity contribution is -0.392. The predicted molar refractivity (Wildman–Crippen MR) is 159 cm³/mol. The molecule has 2 aliphatic heterocycles. The number of carbonyl (C=O) groups excluding carboxylic acids is 2. The smallest absolute Gasteiger partial charge is 0.342 e. The van der Waals surface area contributed by atoms with Crippen LogP contribution < -0.4 is 5.32 Å². The van der Waals surface area contributed by atoms with Gasteiger partial charge in [-0.1, -0.05) is 54.1 Å². The van der Waals surface area contributed by atoms with Crippen LogP contribution in [-0.2, 0) is 27.3 Å². The Morgan fingerprint density at radius 2 is 1.76 bits per heavy atom. The van der Waals surface area contributed by atoms with E-state index in [0.717, 1.165) is 21.9 Å². The minimum Gasteiger partial charge on any atom is -0.480 e. The zero-order chi connectivity index (χ0) is 32.2. The average molecular weight is 633 g/mol. The topological polar surface area (TPSA) is 191 Å². The first-order valence-electron chi connectivity index (χ1n) is 13.9. The molecule has 4 atom stereocenters. The number of aryl methyl sites for hydroxylation is 1. The van der Waals surface area contributed by atoms with Crippen molar-refractivity contribution in [3.63, 3.8) is 0 Å². The summed E-state index contributed by atoms with van der Waals surface area (Å²) in [4.78, 5) is 68.6. The molecule has 1 aromatic heterocycles. The van der Waals surface area contributed by atoms with Crippen molar-refractivity contribution in [2.75, 3.05) is 6.54 Å². The number of nitro groups is 2. The first-order chi connectivity index (χ1) is 21.4. The van der Waals surface area contributed by atoms with E-state index in [9.17, 15) is 39.7 Å². The van der Waals surface area contributed by atoms with Gasteiger partial charge in [-0.3, -0.25) is 34.7 Å². The van der Waals surface area contributed by atoms with Crippen LogP contribution in [-0.4, -0.2) is 59.3 Å². The Labute approximate surface area is 259 Å². The fourth-order valence-corrected chi connectivity index (χ4v) is 6.86. The van der Waals surface area contributed by atoms with Crippen LogP contribution in [0.3, 0.4) is 0 Å². The number of nitrogens with one attached hydrogen (secondary N) is 1. The number of rotatable bonds is 9. The van der Waals surface area contributed by atoms with Crippen molar-refractivity contribution in [3.8, 4) is 0 Å². The highest BCUT2D eigenvalue weighted by Gasteiger charge is 2.69. The van der Waals surface area contributed by atoms with Gasteiger partial charge in [0, 0.05) is 30.0 Å². The molecule has 0 bridgehead atoms. The molecule has 15 heteroatoms. The number of imidazole rings is 1. The average Bonchev–Trinajstić information content (AvgIpc) is 3.62. The number of carboxylic acid groups (broad SMARTS) is 1. The number of likely N-dealkylation sites (tertiary alicyclic amines) is 1. The molecule has 2 amide bonds. The van der Waals surface area contributed by atoms with Crippen LogP contribution in [0.2, 0.25) is 5.02 Å². The number of hydrogen-bond donors (Lipinski definition) is 2. The number of carbonyl (C=O) groups is 3. The summed E-state index contributed by atoms with van der Waals surface area (Å²) in [6, 6.07) is 15.3. The second kappa shape index (κ2) is 11.1. The molecule has 4 unspecified atom stereocenters. The third kappa shape index (κ3) is 4.87. The van der Waals surface area contributed by atoms with Gasteiger partial charge in [-0.15, -0.1) is 0 Å². The van der Waals surface area contributed by atoms with Gasteiger partial charge in [-0.25, -0.2) is 9.55 Å². The van der Waals surface area contributed by atoms with E-state index < -0.39 is 56.7 Å². The molecule has 230 valence electrons. The highest BCUT2D eigenvalue weighted by atomic mass is 35.5. The maximum Gasteiger partial charge on any atom is 0.342 e. The summed E-state index contributed by atoms with van der Waals surface area (Å²) in [5.74, 6) is -5.82. The minimum atomic E-state index is -2.05. The van der Waals surface area contributed by atoms with Gasteiger partial charge in [0.05, 0.1) is 29.3 Å². The highest BCUT2D eigenvalue weighted by Crippen LogP contribution is 2.51. The number of carboxylic acids is 1. The van der Waals surface area contributed by atoms with E-state index in [0.29, 0.717) is 5.56 Å². The lowest BCUT2D eigenvalue weighted by Gasteiger charge is -2.31. The maximum absolute atomic E-state index is 14.1. The van der Waals surface area contributed by atoms with Gasteiger partial charge >= 0.3 is 11.8 Å². The molecule has 0 saturated carbocycles. The largest absolute Gasteiger partial charge is 0.480 e. The van der Waals surface area contributed by atoms with Gasteiger partial charge < -0.3 is 15.2 Å². The molecule has 2 aliphatic rings. The molecule has 6 rings (SSSR count). The third-order valence-electron chi connectivity index (χ3n) is 8.71. The molecule has 2 N–H and O–H groups in total. The Morgan fingerprint density at radius 1 is 1.02 bits per heavy atom. The maximum atomic E-state index is 14.1. The van der Waals surface area contributed by atoms with E-state index in [-0.39, 0.29) is 41.7 Å². The van der Waals surface area contributed by atoms with E-state index in [1.54, 1.807) is 12.1 Å². The van der Waals surface area contributed by atoms with Gasteiger partial charge in [0.15, 0.2) is 5.82 Å². The van der Waals surface area contributed by atoms with Crippen LogP contribution in [0.25, 0.3) is 10.8 Å². The Bertz CT molecular complexity index is 1930. The van der Waals surface area contributed by atoms with E-state index in [1.807, 2.05) is 30.3 Å². The predicted octanol–water partition coefficient (Wildman–Crippen LogP) is 3.83. The molecular formula is C30H25ClN6O8. The fourth-order valence-electron chi connectivity index (χ4n) is 6.67. The van der Waals surface area contributed by atoms with Crippen molar-refractivity contribution in [2.45, 2.75) is 31.5 Å². The van der Waals surface area contributed by atoms with Crippen molar-refractivity contribution >= 4 is 51.7 Å². The van der Waals surface area contributed by atoms with Crippen LogP contribution in [0.1, 0.15) is 23.0 Å². The SMILES string of the molecule is Cc1ncc([N+](=O)[O-])n1CCN1C(=O)C2C(c3cc(Cl)ccc3[N+](=O)[O-])NC(Cc3ccc4ccccc4c3)(C(=O)O)C2C1=O. The Balaban J connectivity index is 1.45. The molecule has 0 radical (unpaired) electrons. The molecule has 4 aromatic rings. The Morgan fingerprint density at radius 3 is 2.44 bits per heavy atom. The lowest BCUT2D eigenvalue weighted by Crippen LogP contribution is -2.57. The summed E-state index contributed by atoms with van der Waals surface area (Å²) in [5.41, 5.74) is -1.92. The summed E-state index contributed by atoms with van der Waals surface area (Å²) in [6.07, 6.45) is 0.840.